The molecule has 1 aliphatic rings. The Bertz CT molecular complexity index is 859. The highest BCUT2D eigenvalue weighted by molar-refractivity contribution is 6.32. The first-order chi connectivity index (χ1) is 12.6. The normalized spacial score (nSPS) is 20.1. The molecule has 1 aromatic heterocycles. The van der Waals surface area contributed by atoms with Gasteiger partial charge in [-0.3, -0.25) is 0 Å². The van der Waals surface area contributed by atoms with E-state index < -0.39 is 17.4 Å². The lowest BCUT2D eigenvalue weighted by molar-refractivity contribution is -0.101. The quantitative estimate of drug-likeness (QED) is 0.819. The maximum Gasteiger partial charge on any atom is 0.417 e. The van der Waals surface area contributed by atoms with E-state index in [1.807, 2.05) is 13.8 Å². The van der Waals surface area contributed by atoms with E-state index >= 15 is 0 Å². The second-order valence-electron chi connectivity index (χ2n) is 6.19. The summed E-state index contributed by atoms with van der Waals surface area (Å²) in [4.78, 5) is 7.88. The molecule has 1 aliphatic heterocycles. The third-order valence-corrected chi connectivity index (χ3v) is 4.10. The van der Waals surface area contributed by atoms with Gasteiger partial charge in [0.05, 0.1) is 16.7 Å². The van der Waals surface area contributed by atoms with Crippen LogP contribution in [0, 0.1) is 0 Å². The number of hydrogen-bond acceptors (Lipinski definition) is 6. The van der Waals surface area contributed by atoms with E-state index in [-0.39, 0.29) is 22.6 Å². The first-order valence-electron chi connectivity index (χ1n) is 8.00. The summed E-state index contributed by atoms with van der Waals surface area (Å²) < 4.78 is 46.5. The largest absolute Gasteiger partial charge is 0.489 e. The molecule has 0 saturated heterocycles. The van der Waals surface area contributed by atoms with Gasteiger partial charge in [-0.15, -0.1) is 0 Å². The molecular formula is C17H17ClF3N5O. The Morgan fingerprint density at radius 1 is 1.26 bits per heavy atom. The van der Waals surface area contributed by atoms with E-state index in [2.05, 4.69) is 15.4 Å². The van der Waals surface area contributed by atoms with Gasteiger partial charge in [0.1, 0.15) is 11.4 Å². The number of anilines is 1. The molecule has 0 aliphatic carbocycles. The molecule has 1 aromatic carbocycles. The Hall–Kier alpha value is -2.36. The molecule has 3 N–H and O–H groups in total. The topological polar surface area (TPSA) is 76.3 Å². The molecule has 144 valence electrons. The number of nitrogens with zero attached hydrogens (tertiary/aromatic N) is 3. The van der Waals surface area contributed by atoms with Gasteiger partial charge < -0.3 is 10.5 Å². The van der Waals surface area contributed by atoms with Crippen LogP contribution in [0.4, 0.5) is 19.1 Å². The zero-order valence-electron chi connectivity index (χ0n) is 14.5. The molecule has 6 nitrogen and oxygen atoms in total. The summed E-state index contributed by atoms with van der Waals surface area (Å²) in [6, 6.07) is 5.83. The van der Waals surface area contributed by atoms with Crippen LogP contribution in [0.3, 0.4) is 0 Å². The lowest BCUT2D eigenvalue weighted by Crippen LogP contribution is -2.55. The van der Waals surface area contributed by atoms with Gasteiger partial charge in [0.2, 0.25) is 5.95 Å². The van der Waals surface area contributed by atoms with Crippen LogP contribution >= 0.6 is 11.6 Å². The fourth-order valence-electron chi connectivity index (χ4n) is 2.65. The number of nitrogens with one attached hydrogen (secondary N) is 1. The maximum absolute atomic E-state index is 13.7. The van der Waals surface area contributed by atoms with E-state index in [1.54, 1.807) is 6.07 Å². The average molecular weight is 400 g/mol. The molecule has 10 heteroatoms. The highest BCUT2D eigenvalue weighted by atomic mass is 35.5. The van der Waals surface area contributed by atoms with E-state index in [0.717, 1.165) is 11.2 Å². The van der Waals surface area contributed by atoms with E-state index in [9.17, 15) is 13.2 Å². The molecule has 1 unspecified atom stereocenters. The van der Waals surface area contributed by atoms with Crippen molar-refractivity contribution in [3.05, 3.63) is 59.0 Å². The predicted molar refractivity (Wildman–Crippen MR) is 94.9 cm³/mol. The number of nitrogens with two attached hydrogens (primary N) is 1. The van der Waals surface area contributed by atoms with Crippen molar-refractivity contribution in [3.8, 4) is 5.75 Å². The van der Waals surface area contributed by atoms with Crippen molar-refractivity contribution in [1.82, 2.24) is 15.4 Å². The van der Waals surface area contributed by atoms with Gasteiger partial charge in [-0.2, -0.15) is 18.6 Å². The van der Waals surface area contributed by atoms with Gasteiger partial charge >= 0.3 is 6.18 Å². The lowest BCUT2D eigenvalue weighted by Gasteiger charge is -2.31. The Kier molecular flexibility index (Phi) is 5.02. The minimum Gasteiger partial charge on any atom is -0.489 e. The summed E-state index contributed by atoms with van der Waals surface area (Å²) in [6.07, 6.45) is -1.17. The fourth-order valence-corrected chi connectivity index (χ4v) is 2.87. The van der Waals surface area contributed by atoms with Crippen molar-refractivity contribution in [2.24, 2.45) is 5.73 Å². The molecule has 0 spiro atoms. The molecule has 27 heavy (non-hydrogen) atoms. The average Bonchev–Trinajstić information content (AvgIpc) is 2.96. The number of alkyl halides is 3. The van der Waals surface area contributed by atoms with Crippen LogP contribution in [0.1, 0.15) is 19.4 Å². The molecule has 0 amide bonds. The van der Waals surface area contributed by atoms with Gasteiger partial charge in [-0.1, -0.05) is 17.7 Å². The Balaban J connectivity index is 2.02. The van der Waals surface area contributed by atoms with E-state index in [0.29, 0.717) is 5.75 Å². The second kappa shape index (κ2) is 6.99. The van der Waals surface area contributed by atoms with E-state index in [1.165, 1.54) is 30.6 Å². The monoisotopic (exact) mass is 399 g/mol. The van der Waals surface area contributed by atoms with E-state index in [4.69, 9.17) is 22.1 Å². The Labute approximate surface area is 158 Å². The van der Waals surface area contributed by atoms with Crippen molar-refractivity contribution in [3.63, 3.8) is 0 Å². The van der Waals surface area contributed by atoms with Gasteiger partial charge in [-0.25, -0.2) is 15.0 Å². The molecule has 2 aromatic rings. The molecule has 0 saturated carbocycles. The smallest absolute Gasteiger partial charge is 0.417 e. The number of hydrogen-bond donors (Lipinski definition) is 2. The van der Waals surface area contributed by atoms with Crippen molar-refractivity contribution in [2.45, 2.75) is 31.8 Å². The fraction of sp³-hybridized carbons (Fsp3) is 0.294. The van der Waals surface area contributed by atoms with Crippen molar-refractivity contribution in [1.29, 1.82) is 0 Å². The first kappa shape index (κ1) is 19.4. The third-order valence-electron chi connectivity index (χ3n) is 3.80. The summed E-state index contributed by atoms with van der Waals surface area (Å²) in [5.74, 6) is 0.384. The summed E-state index contributed by atoms with van der Waals surface area (Å²) >= 11 is 6.18. The number of halogens is 4. The summed E-state index contributed by atoms with van der Waals surface area (Å²) in [6.45, 7) is 3.63. The third kappa shape index (κ3) is 3.85. The van der Waals surface area contributed by atoms with Crippen LogP contribution in [-0.2, 0) is 5.66 Å². The van der Waals surface area contributed by atoms with Gasteiger partial charge in [0.15, 0.2) is 0 Å². The standard InChI is InChI=1S/C17H17ClF3N5O/c1-10(2)27-13-5-4-11(8-12(13)18)16(22)14(17(19,20)21)9-26(25-16)15-23-6-3-7-24-15/h3-10,25H,22H2,1-2H3. The molecule has 1 atom stereocenters. The molecular weight excluding hydrogens is 383 g/mol. The van der Waals surface area contributed by atoms with Gasteiger partial charge in [0, 0.05) is 18.6 Å². The SMILES string of the molecule is CC(C)Oc1ccc(C2(N)NN(c3ncccn3)C=C2C(F)(F)F)cc1Cl. The number of ether oxygens (including phenoxy) is 1. The molecule has 0 fully saturated rings. The zero-order chi connectivity index (χ0) is 19.8. The lowest BCUT2D eigenvalue weighted by atomic mass is 9.93. The zero-order valence-corrected chi connectivity index (χ0v) is 15.2. The second-order valence-corrected chi connectivity index (χ2v) is 6.60. The molecule has 3 rings (SSSR count). The van der Waals surface area contributed by atoms with Crippen LogP contribution in [-0.4, -0.2) is 22.2 Å². The Morgan fingerprint density at radius 2 is 1.93 bits per heavy atom. The minimum absolute atomic E-state index is 0.0254. The number of rotatable bonds is 4. The van der Waals surface area contributed by atoms with Gasteiger partial charge in [0.25, 0.3) is 0 Å². The Morgan fingerprint density at radius 3 is 2.48 bits per heavy atom. The molecule has 2 heterocycles. The molecule has 0 bridgehead atoms. The van der Waals surface area contributed by atoms with Crippen LogP contribution in [0.25, 0.3) is 0 Å². The van der Waals surface area contributed by atoms with Crippen LogP contribution in [0.15, 0.2) is 48.4 Å². The number of aromatic nitrogens is 2. The van der Waals surface area contributed by atoms with Crippen LogP contribution < -0.4 is 20.9 Å². The number of benzene rings is 1. The highest BCUT2D eigenvalue weighted by Crippen LogP contribution is 2.42. The first-order valence-corrected chi connectivity index (χ1v) is 8.38. The van der Waals surface area contributed by atoms with Crippen molar-refractivity contribution in [2.75, 3.05) is 5.01 Å². The van der Waals surface area contributed by atoms with Crippen molar-refractivity contribution < 1.29 is 17.9 Å². The number of hydrazine groups is 1. The summed E-state index contributed by atoms with van der Waals surface area (Å²) in [7, 11) is 0. The summed E-state index contributed by atoms with van der Waals surface area (Å²) in [5, 5.41) is 1.19. The van der Waals surface area contributed by atoms with Crippen molar-refractivity contribution >= 4 is 17.5 Å². The summed E-state index contributed by atoms with van der Waals surface area (Å²) in [5.41, 5.74) is 5.82. The van der Waals surface area contributed by atoms with Crippen LogP contribution in [0.5, 0.6) is 5.75 Å². The van der Waals surface area contributed by atoms with Crippen LogP contribution in [0.2, 0.25) is 5.02 Å². The predicted octanol–water partition coefficient (Wildman–Crippen LogP) is 3.50. The maximum atomic E-state index is 13.7. The minimum atomic E-state index is -4.69. The molecule has 0 radical (unpaired) electrons. The highest BCUT2D eigenvalue weighted by Gasteiger charge is 2.52. The van der Waals surface area contributed by atoms with Gasteiger partial charge in [-0.05, 0) is 37.6 Å².